The van der Waals surface area contributed by atoms with E-state index in [2.05, 4.69) is 31.5 Å². The van der Waals surface area contributed by atoms with Crippen LogP contribution in [0.5, 0.6) is 0 Å². The number of furan rings is 1. The van der Waals surface area contributed by atoms with Crippen LogP contribution < -0.4 is 5.32 Å². The second-order valence-corrected chi connectivity index (χ2v) is 8.21. The predicted octanol–water partition coefficient (Wildman–Crippen LogP) is 3.43. The molecule has 1 aliphatic rings. The molecule has 0 saturated carbocycles. The second kappa shape index (κ2) is 7.07. The Hall–Kier alpha value is -1.66. The summed E-state index contributed by atoms with van der Waals surface area (Å²) < 4.78 is 5.00. The van der Waals surface area contributed by atoms with E-state index in [1.54, 1.807) is 23.7 Å². The summed E-state index contributed by atoms with van der Waals surface area (Å²) in [6, 6.07) is 2.17. The van der Waals surface area contributed by atoms with Crippen LogP contribution in [0.3, 0.4) is 0 Å². The van der Waals surface area contributed by atoms with Gasteiger partial charge in [0.2, 0.25) is 0 Å². The Labute approximate surface area is 147 Å². The van der Waals surface area contributed by atoms with E-state index >= 15 is 0 Å². The Bertz CT molecular complexity index is 665. The van der Waals surface area contributed by atoms with Gasteiger partial charge in [0.15, 0.2) is 0 Å². The zero-order valence-corrected chi connectivity index (χ0v) is 15.4. The summed E-state index contributed by atoms with van der Waals surface area (Å²) in [5.74, 6) is 0.0662. The lowest BCUT2D eigenvalue weighted by molar-refractivity contribution is 0.0704. The topological polar surface area (TPSA) is 58.4 Å². The number of amides is 1. The lowest BCUT2D eigenvalue weighted by Gasteiger charge is -2.32. The molecule has 0 aromatic carbocycles. The molecule has 2 aromatic heterocycles. The van der Waals surface area contributed by atoms with E-state index in [1.165, 1.54) is 11.3 Å². The quantitative estimate of drug-likeness (QED) is 0.920. The monoisotopic (exact) mass is 347 g/mol. The molecule has 1 N–H and O–H groups in total. The highest BCUT2D eigenvalue weighted by Crippen LogP contribution is 2.25. The molecule has 0 spiro atoms. The minimum absolute atomic E-state index is 0.0662. The summed E-state index contributed by atoms with van der Waals surface area (Å²) in [5, 5.41) is 6.91. The third-order valence-electron chi connectivity index (χ3n) is 4.32. The van der Waals surface area contributed by atoms with E-state index in [0.29, 0.717) is 11.6 Å². The Morgan fingerprint density at radius 2 is 2.17 bits per heavy atom. The van der Waals surface area contributed by atoms with Crippen molar-refractivity contribution >= 4 is 17.2 Å². The first kappa shape index (κ1) is 17.2. The van der Waals surface area contributed by atoms with Gasteiger partial charge in [0, 0.05) is 36.5 Å². The molecule has 0 unspecified atom stereocenters. The smallest absolute Gasteiger partial charge is 0.257 e. The molecular formula is C18H25N3O2S. The van der Waals surface area contributed by atoms with Gasteiger partial charge < -0.3 is 14.6 Å². The predicted molar refractivity (Wildman–Crippen MR) is 95.3 cm³/mol. The van der Waals surface area contributed by atoms with Gasteiger partial charge in [-0.1, -0.05) is 20.8 Å². The molecule has 0 radical (unpaired) electrons. The number of hydrogen-bond donors (Lipinski definition) is 1. The van der Waals surface area contributed by atoms with Gasteiger partial charge >= 0.3 is 0 Å². The number of thiazole rings is 1. The highest BCUT2D eigenvalue weighted by atomic mass is 32.1. The number of carbonyl (C=O) groups excluding carboxylic acids is 1. The van der Waals surface area contributed by atoms with E-state index in [-0.39, 0.29) is 11.3 Å². The molecule has 6 heteroatoms. The summed E-state index contributed by atoms with van der Waals surface area (Å²) in [6.45, 7) is 8.94. The average Bonchev–Trinajstić information content (AvgIpc) is 3.23. The van der Waals surface area contributed by atoms with Crippen LogP contribution in [0.4, 0.5) is 0 Å². The summed E-state index contributed by atoms with van der Waals surface area (Å²) in [5.41, 5.74) is 1.86. The lowest BCUT2D eigenvalue weighted by Crippen LogP contribution is -2.44. The first-order chi connectivity index (χ1) is 11.4. The number of hydrogen-bond acceptors (Lipinski definition) is 5. The van der Waals surface area contributed by atoms with Crippen LogP contribution in [-0.4, -0.2) is 34.9 Å². The molecule has 0 atom stereocenters. The van der Waals surface area contributed by atoms with Crippen molar-refractivity contribution in [2.24, 2.45) is 0 Å². The fourth-order valence-electron chi connectivity index (χ4n) is 2.84. The van der Waals surface area contributed by atoms with Crippen molar-refractivity contribution in [3.63, 3.8) is 0 Å². The van der Waals surface area contributed by atoms with Crippen molar-refractivity contribution in [3.05, 3.63) is 40.2 Å². The molecule has 5 nitrogen and oxygen atoms in total. The maximum absolute atomic E-state index is 12.3. The molecular weight excluding hydrogens is 322 g/mol. The summed E-state index contributed by atoms with van der Waals surface area (Å²) in [7, 11) is 0. The lowest BCUT2D eigenvalue weighted by atomic mass is 9.98. The van der Waals surface area contributed by atoms with Crippen molar-refractivity contribution in [1.29, 1.82) is 0 Å². The van der Waals surface area contributed by atoms with Gasteiger partial charge in [0.25, 0.3) is 5.91 Å². The SMILES string of the molecule is CC(C)(C)c1nc(CNC2CCN(C(=O)c3ccoc3)CC2)cs1. The maximum Gasteiger partial charge on any atom is 0.257 e. The van der Waals surface area contributed by atoms with Crippen LogP contribution in [0, 0.1) is 0 Å². The summed E-state index contributed by atoms with van der Waals surface area (Å²) in [6.07, 6.45) is 5.00. The average molecular weight is 347 g/mol. The van der Waals surface area contributed by atoms with E-state index in [9.17, 15) is 4.79 Å². The number of likely N-dealkylation sites (tertiary alicyclic amines) is 1. The molecule has 1 saturated heterocycles. The van der Waals surface area contributed by atoms with Gasteiger partial charge in [-0.3, -0.25) is 4.79 Å². The second-order valence-electron chi connectivity index (χ2n) is 7.35. The normalized spacial score (nSPS) is 16.5. The van der Waals surface area contributed by atoms with Crippen molar-refractivity contribution in [2.45, 2.75) is 51.6 Å². The van der Waals surface area contributed by atoms with E-state index < -0.39 is 0 Å². The number of rotatable bonds is 4. The summed E-state index contributed by atoms with van der Waals surface area (Å²) >= 11 is 1.73. The number of aromatic nitrogens is 1. The van der Waals surface area contributed by atoms with Gasteiger partial charge in [-0.2, -0.15) is 0 Å². The number of carbonyl (C=O) groups is 1. The van der Waals surface area contributed by atoms with E-state index in [4.69, 9.17) is 9.40 Å². The van der Waals surface area contributed by atoms with Gasteiger partial charge in [-0.05, 0) is 18.9 Å². The standard InChI is InChI=1S/C18H25N3O2S/c1-18(2,3)17-20-15(12-24-17)10-19-14-4-7-21(8-5-14)16(22)13-6-9-23-11-13/h6,9,11-12,14,19H,4-5,7-8,10H2,1-3H3. The van der Waals surface area contributed by atoms with Crippen molar-refractivity contribution < 1.29 is 9.21 Å². The Balaban J connectivity index is 1.46. The van der Waals surface area contributed by atoms with E-state index in [1.807, 2.05) is 4.90 Å². The fourth-order valence-corrected chi connectivity index (χ4v) is 3.74. The highest BCUT2D eigenvalue weighted by Gasteiger charge is 2.24. The van der Waals surface area contributed by atoms with Crippen LogP contribution in [0.1, 0.15) is 54.7 Å². The van der Waals surface area contributed by atoms with E-state index in [0.717, 1.165) is 38.2 Å². The van der Waals surface area contributed by atoms with Crippen LogP contribution in [0.15, 0.2) is 28.4 Å². The summed E-state index contributed by atoms with van der Waals surface area (Å²) in [4.78, 5) is 18.9. The number of nitrogens with zero attached hydrogens (tertiary/aromatic N) is 2. The minimum Gasteiger partial charge on any atom is -0.472 e. The third-order valence-corrected chi connectivity index (χ3v) is 5.63. The largest absolute Gasteiger partial charge is 0.472 e. The Kier molecular flexibility index (Phi) is 5.06. The van der Waals surface area contributed by atoms with Crippen LogP contribution in [-0.2, 0) is 12.0 Å². The molecule has 2 aromatic rings. The Morgan fingerprint density at radius 3 is 2.75 bits per heavy atom. The minimum atomic E-state index is 0.0662. The van der Waals surface area contributed by atoms with Crippen LogP contribution >= 0.6 is 11.3 Å². The maximum atomic E-state index is 12.3. The molecule has 1 fully saturated rings. The molecule has 0 bridgehead atoms. The molecule has 130 valence electrons. The van der Waals surface area contributed by atoms with Crippen LogP contribution in [0.2, 0.25) is 0 Å². The van der Waals surface area contributed by atoms with Gasteiger partial charge in [0.05, 0.1) is 22.5 Å². The number of nitrogens with one attached hydrogen (secondary N) is 1. The molecule has 1 aliphatic heterocycles. The van der Waals surface area contributed by atoms with Gasteiger partial charge in [0.1, 0.15) is 6.26 Å². The first-order valence-electron chi connectivity index (χ1n) is 8.43. The molecule has 24 heavy (non-hydrogen) atoms. The zero-order chi connectivity index (χ0) is 17.2. The van der Waals surface area contributed by atoms with Crippen molar-refractivity contribution in [2.75, 3.05) is 13.1 Å². The van der Waals surface area contributed by atoms with Gasteiger partial charge in [-0.25, -0.2) is 4.98 Å². The molecule has 0 aliphatic carbocycles. The van der Waals surface area contributed by atoms with Gasteiger partial charge in [-0.15, -0.1) is 11.3 Å². The molecule has 3 heterocycles. The van der Waals surface area contributed by atoms with Crippen molar-refractivity contribution in [3.8, 4) is 0 Å². The zero-order valence-electron chi connectivity index (χ0n) is 14.5. The molecule has 1 amide bonds. The fraction of sp³-hybridized carbons (Fsp3) is 0.556. The highest BCUT2D eigenvalue weighted by molar-refractivity contribution is 7.09. The third kappa shape index (κ3) is 4.05. The Morgan fingerprint density at radius 1 is 1.42 bits per heavy atom. The molecule has 3 rings (SSSR count). The van der Waals surface area contributed by atoms with Crippen molar-refractivity contribution in [1.82, 2.24) is 15.2 Å². The first-order valence-corrected chi connectivity index (χ1v) is 9.31. The van der Waals surface area contributed by atoms with Crippen LogP contribution in [0.25, 0.3) is 0 Å². The number of piperidine rings is 1.